The summed E-state index contributed by atoms with van der Waals surface area (Å²) in [5.41, 5.74) is 8.53. The third-order valence-corrected chi connectivity index (χ3v) is 3.69. The first-order chi connectivity index (χ1) is 10.3. The zero-order chi connectivity index (χ0) is 14.9. The summed E-state index contributed by atoms with van der Waals surface area (Å²) in [5.74, 6) is 0.942. The van der Waals surface area contributed by atoms with Crippen LogP contribution >= 0.6 is 0 Å². The highest BCUT2D eigenvalue weighted by molar-refractivity contribution is 5.31. The standard InChI is InChI=1S/C19H25NO/c1-2-18(20)9-6-14-21-19-12-10-17(11-13-19)15-16-7-4-3-5-8-16/h3-5,7-8,10-13,18H,2,6,9,14-15,20H2,1H3. The second kappa shape index (κ2) is 8.48. The Morgan fingerprint density at radius 2 is 1.62 bits per heavy atom. The van der Waals surface area contributed by atoms with Gasteiger partial charge < -0.3 is 10.5 Å². The molecule has 1 unspecified atom stereocenters. The number of benzene rings is 2. The van der Waals surface area contributed by atoms with Crippen LogP contribution in [0.4, 0.5) is 0 Å². The molecule has 0 radical (unpaired) electrons. The molecule has 0 heterocycles. The summed E-state index contributed by atoms with van der Waals surface area (Å²) < 4.78 is 5.75. The highest BCUT2D eigenvalue weighted by Crippen LogP contribution is 2.15. The first kappa shape index (κ1) is 15.6. The summed E-state index contributed by atoms with van der Waals surface area (Å²) >= 11 is 0. The second-order valence-corrected chi connectivity index (χ2v) is 5.47. The minimum absolute atomic E-state index is 0.307. The van der Waals surface area contributed by atoms with E-state index in [-0.39, 0.29) is 0 Å². The quantitative estimate of drug-likeness (QED) is 0.738. The minimum atomic E-state index is 0.307. The first-order valence-electron chi connectivity index (χ1n) is 7.79. The maximum Gasteiger partial charge on any atom is 0.119 e. The summed E-state index contributed by atoms with van der Waals surface area (Å²) in [5, 5.41) is 0. The van der Waals surface area contributed by atoms with E-state index in [2.05, 4.69) is 55.5 Å². The predicted octanol–water partition coefficient (Wildman–Crippen LogP) is 4.17. The Balaban J connectivity index is 1.77. The second-order valence-electron chi connectivity index (χ2n) is 5.47. The van der Waals surface area contributed by atoms with Crippen molar-refractivity contribution < 1.29 is 4.74 Å². The molecule has 0 amide bonds. The molecular formula is C19H25NO. The number of nitrogens with two attached hydrogens (primary N) is 1. The van der Waals surface area contributed by atoms with Crippen molar-refractivity contribution in [1.29, 1.82) is 0 Å². The van der Waals surface area contributed by atoms with Crippen LogP contribution in [0.15, 0.2) is 54.6 Å². The van der Waals surface area contributed by atoms with E-state index in [1.54, 1.807) is 0 Å². The van der Waals surface area contributed by atoms with Crippen molar-refractivity contribution in [2.75, 3.05) is 6.61 Å². The lowest BCUT2D eigenvalue weighted by molar-refractivity contribution is 0.300. The van der Waals surface area contributed by atoms with Gasteiger partial charge in [0, 0.05) is 6.04 Å². The molecule has 2 N–H and O–H groups in total. The largest absolute Gasteiger partial charge is 0.494 e. The van der Waals surface area contributed by atoms with E-state index in [1.807, 2.05) is 6.07 Å². The van der Waals surface area contributed by atoms with Crippen LogP contribution in [0.1, 0.15) is 37.3 Å². The third kappa shape index (κ3) is 5.60. The van der Waals surface area contributed by atoms with Gasteiger partial charge in [0.15, 0.2) is 0 Å². The molecule has 2 aromatic rings. The zero-order valence-electron chi connectivity index (χ0n) is 12.8. The molecule has 0 aliphatic heterocycles. The van der Waals surface area contributed by atoms with Crippen molar-refractivity contribution in [2.24, 2.45) is 5.73 Å². The van der Waals surface area contributed by atoms with Crippen LogP contribution in [0.5, 0.6) is 5.75 Å². The molecule has 1 atom stereocenters. The average molecular weight is 283 g/mol. The van der Waals surface area contributed by atoms with Crippen LogP contribution < -0.4 is 10.5 Å². The minimum Gasteiger partial charge on any atom is -0.494 e. The van der Waals surface area contributed by atoms with Gasteiger partial charge in [-0.1, -0.05) is 49.4 Å². The molecule has 112 valence electrons. The molecule has 0 fully saturated rings. The molecule has 2 rings (SSSR count). The summed E-state index contributed by atoms with van der Waals surface area (Å²) in [6.07, 6.45) is 4.05. The van der Waals surface area contributed by atoms with Gasteiger partial charge in [0.25, 0.3) is 0 Å². The van der Waals surface area contributed by atoms with Crippen molar-refractivity contribution >= 4 is 0 Å². The van der Waals surface area contributed by atoms with E-state index in [0.717, 1.165) is 38.0 Å². The molecular weight excluding hydrogens is 258 g/mol. The number of hydrogen-bond donors (Lipinski definition) is 1. The van der Waals surface area contributed by atoms with E-state index < -0.39 is 0 Å². The molecule has 2 aromatic carbocycles. The highest BCUT2D eigenvalue weighted by Gasteiger charge is 2.00. The van der Waals surface area contributed by atoms with Crippen LogP contribution in [-0.4, -0.2) is 12.6 Å². The summed E-state index contributed by atoms with van der Waals surface area (Å²) in [7, 11) is 0. The lowest BCUT2D eigenvalue weighted by atomic mass is 10.1. The number of hydrogen-bond acceptors (Lipinski definition) is 2. The van der Waals surface area contributed by atoms with Crippen LogP contribution in [0.3, 0.4) is 0 Å². The normalized spacial score (nSPS) is 12.1. The molecule has 0 aromatic heterocycles. The highest BCUT2D eigenvalue weighted by atomic mass is 16.5. The molecule has 0 aliphatic carbocycles. The average Bonchev–Trinajstić information content (AvgIpc) is 2.54. The molecule has 0 saturated heterocycles. The molecule has 2 heteroatoms. The molecule has 0 aliphatic rings. The van der Waals surface area contributed by atoms with Gasteiger partial charge in [0.05, 0.1) is 6.61 Å². The number of rotatable bonds is 8. The zero-order valence-corrected chi connectivity index (χ0v) is 12.8. The molecule has 0 bridgehead atoms. The summed E-state index contributed by atoms with van der Waals surface area (Å²) in [6.45, 7) is 2.86. The van der Waals surface area contributed by atoms with Crippen molar-refractivity contribution in [3.8, 4) is 5.75 Å². The van der Waals surface area contributed by atoms with Crippen LogP contribution in [0.2, 0.25) is 0 Å². The Morgan fingerprint density at radius 1 is 0.952 bits per heavy atom. The van der Waals surface area contributed by atoms with Gasteiger partial charge in [-0.05, 0) is 48.9 Å². The van der Waals surface area contributed by atoms with E-state index in [9.17, 15) is 0 Å². The fourth-order valence-corrected chi connectivity index (χ4v) is 2.27. The van der Waals surface area contributed by atoms with E-state index >= 15 is 0 Å². The lowest BCUT2D eigenvalue weighted by Crippen LogP contribution is -2.19. The molecule has 2 nitrogen and oxygen atoms in total. The van der Waals surface area contributed by atoms with Gasteiger partial charge in [-0.25, -0.2) is 0 Å². The van der Waals surface area contributed by atoms with Gasteiger partial charge in [0.2, 0.25) is 0 Å². The maximum absolute atomic E-state index is 5.89. The van der Waals surface area contributed by atoms with Gasteiger partial charge >= 0.3 is 0 Å². The monoisotopic (exact) mass is 283 g/mol. The van der Waals surface area contributed by atoms with Crippen molar-refractivity contribution in [3.05, 3.63) is 65.7 Å². The first-order valence-corrected chi connectivity index (χ1v) is 7.79. The van der Waals surface area contributed by atoms with E-state index in [1.165, 1.54) is 11.1 Å². The Kier molecular flexibility index (Phi) is 6.29. The fourth-order valence-electron chi connectivity index (χ4n) is 2.27. The summed E-state index contributed by atoms with van der Waals surface area (Å²) in [6, 6.07) is 19.2. The van der Waals surface area contributed by atoms with Crippen LogP contribution in [0.25, 0.3) is 0 Å². The van der Waals surface area contributed by atoms with Crippen molar-refractivity contribution in [3.63, 3.8) is 0 Å². The summed E-state index contributed by atoms with van der Waals surface area (Å²) in [4.78, 5) is 0. The smallest absolute Gasteiger partial charge is 0.119 e. The molecule has 0 spiro atoms. The van der Waals surface area contributed by atoms with Crippen molar-refractivity contribution in [2.45, 2.75) is 38.6 Å². The topological polar surface area (TPSA) is 35.2 Å². The van der Waals surface area contributed by atoms with Gasteiger partial charge in [-0.2, -0.15) is 0 Å². The van der Waals surface area contributed by atoms with Gasteiger partial charge in [-0.3, -0.25) is 0 Å². The van der Waals surface area contributed by atoms with Crippen LogP contribution in [0, 0.1) is 0 Å². The van der Waals surface area contributed by atoms with Gasteiger partial charge in [-0.15, -0.1) is 0 Å². The third-order valence-electron chi connectivity index (χ3n) is 3.69. The fraction of sp³-hybridized carbons (Fsp3) is 0.368. The Morgan fingerprint density at radius 3 is 2.29 bits per heavy atom. The Bertz CT molecular complexity index is 507. The van der Waals surface area contributed by atoms with Gasteiger partial charge in [0.1, 0.15) is 5.75 Å². The van der Waals surface area contributed by atoms with E-state index in [0.29, 0.717) is 6.04 Å². The SMILES string of the molecule is CCC(N)CCCOc1ccc(Cc2ccccc2)cc1. The molecule has 21 heavy (non-hydrogen) atoms. The Labute approximate surface area is 127 Å². The predicted molar refractivity (Wildman–Crippen MR) is 88.7 cm³/mol. The van der Waals surface area contributed by atoms with E-state index in [4.69, 9.17) is 10.5 Å². The van der Waals surface area contributed by atoms with Crippen LogP contribution in [-0.2, 0) is 6.42 Å². The number of ether oxygens (including phenoxy) is 1. The maximum atomic E-state index is 5.89. The van der Waals surface area contributed by atoms with Crippen molar-refractivity contribution in [1.82, 2.24) is 0 Å². The Hall–Kier alpha value is -1.80. The lowest BCUT2D eigenvalue weighted by Gasteiger charge is -2.10. The molecule has 0 saturated carbocycles.